The Morgan fingerprint density at radius 1 is 1.16 bits per heavy atom. The number of nitrogens with one attached hydrogen (secondary N) is 2. The van der Waals surface area contributed by atoms with Crippen LogP contribution in [0.1, 0.15) is 27.2 Å². The Kier molecular flexibility index (Phi) is 7.87. The molecule has 196 valence electrons. The van der Waals surface area contributed by atoms with Crippen LogP contribution >= 0.6 is 15.9 Å². The van der Waals surface area contributed by atoms with E-state index in [9.17, 15) is 9.18 Å². The van der Waals surface area contributed by atoms with Crippen LogP contribution in [-0.2, 0) is 4.74 Å². The Morgan fingerprint density at radius 3 is 2.68 bits per heavy atom. The molecule has 0 spiro atoms. The van der Waals surface area contributed by atoms with Gasteiger partial charge in [-0.1, -0.05) is 22.0 Å². The average molecular weight is 575 g/mol. The van der Waals surface area contributed by atoms with Crippen LogP contribution in [0, 0.1) is 11.6 Å². The Balaban J connectivity index is 1.59. The van der Waals surface area contributed by atoms with E-state index < -0.39 is 23.3 Å². The van der Waals surface area contributed by atoms with E-state index in [0.717, 1.165) is 16.6 Å². The van der Waals surface area contributed by atoms with Gasteiger partial charge in [0, 0.05) is 23.8 Å². The lowest BCUT2D eigenvalue weighted by Crippen LogP contribution is -2.40. The molecule has 1 amide bonds. The topological polar surface area (TPSA) is 75.7 Å². The molecule has 1 atom stereocenters. The lowest BCUT2D eigenvalue weighted by Gasteiger charge is -2.24. The van der Waals surface area contributed by atoms with Gasteiger partial charge in [-0.2, -0.15) is 0 Å². The number of anilines is 3. The van der Waals surface area contributed by atoms with Gasteiger partial charge in [0.1, 0.15) is 22.9 Å². The van der Waals surface area contributed by atoms with Gasteiger partial charge in [0.25, 0.3) is 0 Å². The second-order valence-corrected chi connectivity index (χ2v) is 10.6. The first kappa shape index (κ1) is 26.7. The van der Waals surface area contributed by atoms with E-state index in [4.69, 9.17) is 9.47 Å². The van der Waals surface area contributed by atoms with Gasteiger partial charge in [0.05, 0.1) is 35.8 Å². The molecular formula is C27H29BrF2N4O3. The number of carbonyl (C=O) groups excluding carboxylic acids is 1. The summed E-state index contributed by atoms with van der Waals surface area (Å²) in [6.45, 7) is 6.69. The molecule has 1 aliphatic heterocycles. The highest BCUT2D eigenvalue weighted by Gasteiger charge is 2.28. The largest absolute Gasteiger partial charge is 0.496 e. The molecular weight excluding hydrogens is 546 g/mol. The number of hydrogen-bond donors (Lipinski definition) is 2. The van der Waals surface area contributed by atoms with E-state index in [2.05, 4.69) is 36.4 Å². The minimum Gasteiger partial charge on any atom is -0.496 e. The van der Waals surface area contributed by atoms with Gasteiger partial charge in [-0.15, -0.1) is 0 Å². The van der Waals surface area contributed by atoms with Gasteiger partial charge in [-0.05, 0) is 63.6 Å². The molecule has 0 radical (unpaired) electrons. The summed E-state index contributed by atoms with van der Waals surface area (Å²) in [6.07, 6.45) is 1.69. The molecule has 4 rings (SSSR count). The molecule has 2 N–H and O–H groups in total. The van der Waals surface area contributed by atoms with Gasteiger partial charge in [0.15, 0.2) is 5.82 Å². The van der Waals surface area contributed by atoms with Crippen molar-refractivity contribution in [1.29, 1.82) is 0 Å². The third kappa shape index (κ3) is 6.30. The highest BCUT2D eigenvalue weighted by atomic mass is 79.9. The van der Waals surface area contributed by atoms with Gasteiger partial charge in [-0.3, -0.25) is 4.98 Å². The third-order valence-electron chi connectivity index (χ3n) is 5.80. The van der Waals surface area contributed by atoms with Gasteiger partial charge in [-0.25, -0.2) is 13.6 Å². The van der Waals surface area contributed by atoms with Crippen molar-refractivity contribution in [3.8, 4) is 17.0 Å². The number of nitrogens with zero attached hydrogens (tertiary/aromatic N) is 2. The van der Waals surface area contributed by atoms with Crippen LogP contribution in [0.5, 0.6) is 5.75 Å². The smallest absolute Gasteiger partial charge is 0.407 e. The third-order valence-corrected chi connectivity index (χ3v) is 6.29. The second-order valence-electron chi connectivity index (χ2n) is 9.70. The van der Waals surface area contributed by atoms with Crippen LogP contribution in [0.4, 0.5) is 30.6 Å². The van der Waals surface area contributed by atoms with Crippen molar-refractivity contribution in [1.82, 2.24) is 10.3 Å². The highest BCUT2D eigenvalue weighted by Crippen LogP contribution is 2.38. The minimum atomic E-state index is -0.703. The number of alkyl carbamates (subject to hydrolysis) is 1. The molecule has 10 heteroatoms. The maximum Gasteiger partial charge on any atom is 0.407 e. The second kappa shape index (κ2) is 10.9. The predicted molar refractivity (Wildman–Crippen MR) is 144 cm³/mol. The number of ether oxygens (including phenoxy) is 2. The summed E-state index contributed by atoms with van der Waals surface area (Å²) in [5, 5.41) is 6.07. The summed E-state index contributed by atoms with van der Waals surface area (Å²) >= 11 is 3.51. The minimum absolute atomic E-state index is 0.0437. The number of rotatable bonds is 6. The number of methoxy groups -OCH3 is 1. The normalized spacial score (nSPS) is 15.4. The van der Waals surface area contributed by atoms with Crippen molar-refractivity contribution in [2.75, 3.05) is 30.4 Å². The summed E-state index contributed by atoms with van der Waals surface area (Å²) in [5.41, 5.74) is 0.839. The number of pyridine rings is 1. The molecule has 3 aromatic rings. The van der Waals surface area contributed by atoms with Crippen molar-refractivity contribution in [3.63, 3.8) is 0 Å². The van der Waals surface area contributed by atoms with Gasteiger partial charge >= 0.3 is 6.09 Å². The van der Waals surface area contributed by atoms with E-state index in [1.807, 2.05) is 39.0 Å². The molecule has 2 heterocycles. The molecule has 0 saturated carbocycles. The van der Waals surface area contributed by atoms with Crippen LogP contribution < -0.4 is 20.3 Å². The van der Waals surface area contributed by atoms with Crippen LogP contribution in [0.25, 0.3) is 11.3 Å². The predicted octanol–water partition coefficient (Wildman–Crippen LogP) is 6.64. The summed E-state index contributed by atoms with van der Waals surface area (Å²) in [4.78, 5) is 18.4. The molecule has 7 nitrogen and oxygen atoms in total. The fourth-order valence-electron chi connectivity index (χ4n) is 4.21. The Bertz CT molecular complexity index is 1300. The number of aromatic nitrogens is 1. The molecule has 1 fully saturated rings. The summed E-state index contributed by atoms with van der Waals surface area (Å²) < 4.78 is 41.7. The van der Waals surface area contributed by atoms with Crippen molar-refractivity contribution in [3.05, 3.63) is 64.8 Å². The van der Waals surface area contributed by atoms with Crippen LogP contribution in [0.2, 0.25) is 0 Å². The fourth-order valence-corrected chi connectivity index (χ4v) is 4.56. The lowest BCUT2D eigenvalue weighted by atomic mass is 10.1. The van der Waals surface area contributed by atoms with Crippen molar-refractivity contribution >= 4 is 39.1 Å². The highest BCUT2D eigenvalue weighted by molar-refractivity contribution is 9.10. The number of benzene rings is 2. The van der Waals surface area contributed by atoms with Crippen molar-refractivity contribution < 1.29 is 23.0 Å². The van der Waals surface area contributed by atoms with E-state index in [1.54, 1.807) is 6.07 Å². The van der Waals surface area contributed by atoms with E-state index in [1.165, 1.54) is 31.5 Å². The molecule has 2 aromatic carbocycles. The maximum absolute atomic E-state index is 15.6. The van der Waals surface area contributed by atoms with Crippen molar-refractivity contribution in [2.45, 2.75) is 38.8 Å². The fraction of sp³-hybridized carbons (Fsp3) is 0.333. The molecule has 0 aliphatic carbocycles. The number of carbonyl (C=O) groups is 1. The quantitative estimate of drug-likeness (QED) is 0.343. The average Bonchev–Trinajstić information content (AvgIpc) is 3.28. The molecule has 1 saturated heterocycles. The molecule has 1 aromatic heterocycles. The van der Waals surface area contributed by atoms with E-state index in [0.29, 0.717) is 18.8 Å². The Morgan fingerprint density at radius 2 is 1.95 bits per heavy atom. The standard InChI is InChI=1S/C27H29BrF2N4O3/c1-27(2,3)37-26(35)32-17-11-13-34(15-17)21-14-16(28)8-9-19(21)33-20-10-12-31-25(24(20)30)23-18(29)6-5-7-22(23)36-4/h5-10,12,14,17H,11,13,15H2,1-4H3,(H,31,33)(H,32,35). The van der Waals surface area contributed by atoms with Crippen LogP contribution in [0.3, 0.4) is 0 Å². The first-order valence-corrected chi connectivity index (χ1v) is 12.6. The zero-order valence-electron chi connectivity index (χ0n) is 21.1. The molecule has 1 aliphatic rings. The zero-order valence-corrected chi connectivity index (χ0v) is 22.7. The molecule has 1 unspecified atom stereocenters. The summed E-state index contributed by atoms with van der Waals surface area (Å²) in [7, 11) is 1.40. The van der Waals surface area contributed by atoms with Gasteiger partial charge in [0.2, 0.25) is 0 Å². The number of halogens is 3. The van der Waals surface area contributed by atoms with Crippen molar-refractivity contribution in [2.24, 2.45) is 0 Å². The summed E-state index contributed by atoms with van der Waals surface area (Å²) in [6, 6.07) is 11.3. The summed E-state index contributed by atoms with van der Waals surface area (Å²) in [5.74, 6) is -1.15. The lowest BCUT2D eigenvalue weighted by molar-refractivity contribution is 0.0509. The molecule has 0 bridgehead atoms. The first-order valence-electron chi connectivity index (χ1n) is 11.8. The van der Waals surface area contributed by atoms with Gasteiger partial charge < -0.3 is 25.0 Å². The van der Waals surface area contributed by atoms with Crippen LogP contribution in [0.15, 0.2) is 53.1 Å². The maximum atomic E-state index is 15.6. The number of hydrogen-bond acceptors (Lipinski definition) is 6. The molecule has 37 heavy (non-hydrogen) atoms. The monoisotopic (exact) mass is 574 g/mol. The van der Waals surface area contributed by atoms with Crippen LogP contribution in [-0.4, -0.2) is 42.9 Å². The number of amides is 1. The Labute approximate surface area is 223 Å². The van der Waals surface area contributed by atoms with E-state index in [-0.39, 0.29) is 28.7 Å². The Hall–Kier alpha value is -3.40. The first-order chi connectivity index (χ1) is 17.6. The zero-order chi connectivity index (χ0) is 26.7. The van der Waals surface area contributed by atoms with E-state index >= 15 is 4.39 Å². The SMILES string of the molecule is COc1cccc(F)c1-c1nccc(Nc2ccc(Br)cc2N2CCC(NC(=O)OC(C)(C)C)C2)c1F.